The minimum Gasteiger partial charge on any atom is -0.459 e. The lowest BCUT2D eigenvalue weighted by atomic mass is 9.54. The summed E-state index contributed by atoms with van der Waals surface area (Å²) in [6.45, 7) is 0.762. The summed E-state index contributed by atoms with van der Waals surface area (Å²) >= 11 is 0. The Hall–Kier alpha value is -0.570. The molecular formula is C17H29NO2. The molecular weight excluding hydrogens is 250 g/mol. The topological polar surface area (TPSA) is 52.3 Å². The molecule has 0 atom stereocenters. The Bertz CT molecular complexity index is 318. The number of hydrogen-bond acceptors (Lipinski definition) is 3. The van der Waals surface area contributed by atoms with Crippen molar-refractivity contribution < 1.29 is 9.53 Å². The highest BCUT2D eigenvalue weighted by Crippen LogP contribution is 2.57. The molecule has 114 valence electrons. The van der Waals surface area contributed by atoms with Crippen LogP contribution in [0.4, 0.5) is 0 Å². The molecule has 4 fully saturated rings. The van der Waals surface area contributed by atoms with E-state index in [0.29, 0.717) is 6.42 Å². The van der Waals surface area contributed by atoms with E-state index in [9.17, 15) is 4.79 Å². The van der Waals surface area contributed by atoms with E-state index in [1.165, 1.54) is 19.3 Å². The van der Waals surface area contributed by atoms with Gasteiger partial charge in [-0.1, -0.05) is 12.8 Å². The molecule has 0 saturated heterocycles. The normalized spacial score (nSPS) is 38.1. The molecule has 0 aromatic rings. The van der Waals surface area contributed by atoms with Gasteiger partial charge in [0.15, 0.2) is 0 Å². The van der Waals surface area contributed by atoms with Crippen molar-refractivity contribution in [3.05, 3.63) is 0 Å². The van der Waals surface area contributed by atoms with Gasteiger partial charge in [-0.3, -0.25) is 4.79 Å². The Morgan fingerprint density at radius 1 is 0.950 bits per heavy atom. The van der Waals surface area contributed by atoms with Crippen LogP contribution < -0.4 is 5.73 Å². The zero-order valence-corrected chi connectivity index (χ0v) is 12.6. The highest BCUT2D eigenvalue weighted by atomic mass is 16.6. The van der Waals surface area contributed by atoms with Crippen LogP contribution in [0.5, 0.6) is 0 Å². The first kappa shape index (κ1) is 14.4. The smallest absolute Gasteiger partial charge is 0.306 e. The first-order valence-corrected chi connectivity index (χ1v) is 8.61. The van der Waals surface area contributed by atoms with Crippen LogP contribution in [0.1, 0.15) is 70.6 Å². The lowest BCUT2D eigenvalue weighted by molar-refractivity contribution is -0.186. The zero-order chi connectivity index (χ0) is 14.0. The minimum absolute atomic E-state index is 0.0525. The van der Waals surface area contributed by atoms with Crippen molar-refractivity contribution in [2.45, 2.75) is 76.2 Å². The molecule has 4 bridgehead atoms. The lowest BCUT2D eigenvalue weighted by Gasteiger charge is -2.55. The maximum atomic E-state index is 12.1. The first-order chi connectivity index (χ1) is 9.69. The van der Waals surface area contributed by atoms with Gasteiger partial charge in [0.2, 0.25) is 0 Å². The molecule has 0 unspecified atom stereocenters. The molecule has 4 rings (SSSR count). The fraction of sp³-hybridized carbons (Fsp3) is 0.941. The third kappa shape index (κ3) is 3.19. The third-order valence-electron chi connectivity index (χ3n) is 5.65. The quantitative estimate of drug-likeness (QED) is 0.574. The summed E-state index contributed by atoms with van der Waals surface area (Å²) in [5.74, 6) is 2.59. The molecule has 20 heavy (non-hydrogen) atoms. The van der Waals surface area contributed by atoms with E-state index in [1.807, 2.05) is 0 Å². The number of carbonyl (C=O) groups excluding carboxylic acids is 1. The molecule has 0 aliphatic heterocycles. The van der Waals surface area contributed by atoms with E-state index in [1.54, 1.807) is 0 Å². The number of nitrogens with two attached hydrogens (primary N) is 1. The summed E-state index contributed by atoms with van der Waals surface area (Å²) in [6.07, 6.45) is 12.5. The predicted octanol–water partition coefficient (Wildman–Crippen LogP) is 3.41. The molecule has 0 aromatic heterocycles. The van der Waals surface area contributed by atoms with E-state index in [4.69, 9.17) is 10.5 Å². The molecule has 3 heteroatoms. The van der Waals surface area contributed by atoms with Gasteiger partial charge in [0, 0.05) is 6.42 Å². The number of ether oxygens (including phenoxy) is 1. The van der Waals surface area contributed by atoms with Crippen LogP contribution in [0.15, 0.2) is 0 Å². The van der Waals surface area contributed by atoms with E-state index in [0.717, 1.165) is 69.2 Å². The van der Waals surface area contributed by atoms with Gasteiger partial charge in [-0.25, -0.2) is 0 Å². The molecule has 0 amide bonds. The number of unbranched alkanes of at least 4 members (excludes halogenated alkanes) is 3. The van der Waals surface area contributed by atoms with Crippen LogP contribution in [-0.2, 0) is 9.53 Å². The van der Waals surface area contributed by atoms with Crippen molar-refractivity contribution in [2.75, 3.05) is 6.54 Å². The number of hydrogen-bond donors (Lipinski definition) is 1. The Labute approximate surface area is 122 Å². The standard InChI is InChI=1S/C17H29NO2/c18-6-4-2-1-3-5-16(19)20-17-10-13-7-14(11-17)9-15(8-13)12-17/h13-15H,1-12,18H2. The summed E-state index contributed by atoms with van der Waals surface area (Å²) in [7, 11) is 0. The van der Waals surface area contributed by atoms with Crippen LogP contribution in [0, 0.1) is 17.8 Å². The van der Waals surface area contributed by atoms with Crippen LogP contribution in [0.25, 0.3) is 0 Å². The van der Waals surface area contributed by atoms with Gasteiger partial charge in [-0.15, -0.1) is 0 Å². The van der Waals surface area contributed by atoms with Gasteiger partial charge < -0.3 is 10.5 Å². The van der Waals surface area contributed by atoms with E-state index in [-0.39, 0.29) is 11.6 Å². The molecule has 4 aliphatic rings. The van der Waals surface area contributed by atoms with Crippen molar-refractivity contribution in [1.29, 1.82) is 0 Å². The second-order valence-corrected chi connectivity index (χ2v) is 7.53. The highest BCUT2D eigenvalue weighted by molar-refractivity contribution is 5.70. The Kier molecular flexibility index (Phi) is 4.34. The van der Waals surface area contributed by atoms with Gasteiger partial charge in [-0.05, 0) is 75.7 Å². The van der Waals surface area contributed by atoms with Gasteiger partial charge in [-0.2, -0.15) is 0 Å². The van der Waals surface area contributed by atoms with Crippen molar-refractivity contribution in [3.8, 4) is 0 Å². The predicted molar refractivity (Wildman–Crippen MR) is 79.1 cm³/mol. The molecule has 3 nitrogen and oxygen atoms in total. The Morgan fingerprint density at radius 2 is 1.50 bits per heavy atom. The van der Waals surface area contributed by atoms with Crippen molar-refractivity contribution in [2.24, 2.45) is 23.5 Å². The second-order valence-electron chi connectivity index (χ2n) is 7.53. The molecule has 0 radical (unpaired) electrons. The molecule has 0 aromatic carbocycles. The molecule has 0 spiro atoms. The van der Waals surface area contributed by atoms with Crippen molar-refractivity contribution in [3.63, 3.8) is 0 Å². The summed E-state index contributed by atoms with van der Waals surface area (Å²) in [5.41, 5.74) is 5.42. The molecule has 4 aliphatic carbocycles. The van der Waals surface area contributed by atoms with Crippen molar-refractivity contribution in [1.82, 2.24) is 0 Å². The van der Waals surface area contributed by atoms with Gasteiger partial charge in [0.05, 0.1) is 0 Å². The Morgan fingerprint density at radius 3 is 2.05 bits per heavy atom. The fourth-order valence-electron chi connectivity index (χ4n) is 5.22. The fourth-order valence-corrected chi connectivity index (χ4v) is 5.22. The van der Waals surface area contributed by atoms with Gasteiger partial charge >= 0.3 is 5.97 Å². The molecule has 0 heterocycles. The third-order valence-corrected chi connectivity index (χ3v) is 5.65. The van der Waals surface area contributed by atoms with Crippen LogP contribution in [0.2, 0.25) is 0 Å². The summed E-state index contributed by atoms with van der Waals surface area (Å²) < 4.78 is 5.99. The van der Waals surface area contributed by atoms with E-state index >= 15 is 0 Å². The first-order valence-electron chi connectivity index (χ1n) is 8.61. The monoisotopic (exact) mass is 279 g/mol. The maximum Gasteiger partial charge on any atom is 0.306 e. The van der Waals surface area contributed by atoms with Crippen LogP contribution in [0.3, 0.4) is 0 Å². The highest BCUT2D eigenvalue weighted by Gasteiger charge is 2.53. The molecule has 2 N–H and O–H groups in total. The van der Waals surface area contributed by atoms with Crippen LogP contribution >= 0.6 is 0 Å². The average Bonchev–Trinajstić information content (AvgIpc) is 2.36. The van der Waals surface area contributed by atoms with E-state index in [2.05, 4.69) is 0 Å². The van der Waals surface area contributed by atoms with Gasteiger partial charge in [0.25, 0.3) is 0 Å². The maximum absolute atomic E-state index is 12.1. The number of carbonyl (C=O) groups is 1. The average molecular weight is 279 g/mol. The van der Waals surface area contributed by atoms with Crippen molar-refractivity contribution >= 4 is 5.97 Å². The van der Waals surface area contributed by atoms with Crippen LogP contribution in [-0.4, -0.2) is 18.1 Å². The number of rotatable bonds is 7. The minimum atomic E-state index is -0.0525. The summed E-state index contributed by atoms with van der Waals surface area (Å²) in [4.78, 5) is 12.1. The zero-order valence-electron chi connectivity index (χ0n) is 12.6. The number of esters is 1. The molecule has 4 saturated carbocycles. The SMILES string of the molecule is NCCCCCCC(=O)OC12CC3CC(CC(C3)C1)C2. The Balaban J connectivity index is 1.44. The van der Waals surface area contributed by atoms with E-state index < -0.39 is 0 Å². The van der Waals surface area contributed by atoms with Gasteiger partial charge in [0.1, 0.15) is 5.60 Å². The largest absolute Gasteiger partial charge is 0.459 e. The summed E-state index contributed by atoms with van der Waals surface area (Å²) in [6, 6.07) is 0. The summed E-state index contributed by atoms with van der Waals surface area (Å²) in [5, 5.41) is 0. The lowest BCUT2D eigenvalue weighted by Crippen LogP contribution is -2.52. The second kappa shape index (κ2) is 6.05.